The van der Waals surface area contributed by atoms with Crippen LogP contribution < -0.4 is 0 Å². The molecule has 2 rings (SSSR count). The molecule has 0 saturated carbocycles. The lowest BCUT2D eigenvalue weighted by Crippen LogP contribution is -1.97. The summed E-state index contributed by atoms with van der Waals surface area (Å²) in [6.07, 6.45) is -0.0938. The van der Waals surface area contributed by atoms with Crippen LogP contribution in [0.25, 0.3) is 11.3 Å². The number of furan rings is 1. The average molecular weight is 295 g/mol. The highest BCUT2D eigenvalue weighted by Crippen LogP contribution is 2.30. The van der Waals surface area contributed by atoms with E-state index in [-0.39, 0.29) is 6.42 Å². The summed E-state index contributed by atoms with van der Waals surface area (Å²) in [5.41, 5.74) is 2.07. The third-order valence-electron chi connectivity index (χ3n) is 2.38. The molecule has 3 nitrogen and oxygen atoms in total. The Hall–Kier alpha value is -1.55. The third kappa shape index (κ3) is 2.77. The van der Waals surface area contributed by atoms with Gasteiger partial charge in [-0.3, -0.25) is 4.79 Å². The minimum Gasteiger partial charge on any atom is -0.481 e. The quantitative estimate of drug-likeness (QED) is 0.940. The second-order valence-electron chi connectivity index (χ2n) is 3.82. The SMILES string of the molecule is Cc1ccc(-c2ccc(CC(=O)O)o2)c(Br)c1. The highest BCUT2D eigenvalue weighted by Gasteiger charge is 2.10. The van der Waals surface area contributed by atoms with E-state index in [2.05, 4.69) is 15.9 Å². The first kappa shape index (κ1) is 11.9. The Morgan fingerprint density at radius 1 is 1.35 bits per heavy atom. The maximum absolute atomic E-state index is 10.6. The van der Waals surface area contributed by atoms with E-state index in [1.54, 1.807) is 12.1 Å². The number of hydrogen-bond acceptors (Lipinski definition) is 2. The Morgan fingerprint density at radius 2 is 2.12 bits per heavy atom. The number of rotatable bonds is 3. The van der Waals surface area contributed by atoms with E-state index >= 15 is 0 Å². The van der Waals surface area contributed by atoms with Gasteiger partial charge in [-0.2, -0.15) is 0 Å². The second kappa shape index (κ2) is 4.75. The maximum Gasteiger partial charge on any atom is 0.311 e. The van der Waals surface area contributed by atoms with Crippen LogP contribution in [0.4, 0.5) is 0 Å². The van der Waals surface area contributed by atoms with Gasteiger partial charge in [0.1, 0.15) is 17.9 Å². The van der Waals surface area contributed by atoms with E-state index in [4.69, 9.17) is 9.52 Å². The molecule has 1 heterocycles. The number of carboxylic acids is 1. The fourth-order valence-corrected chi connectivity index (χ4v) is 2.28. The Balaban J connectivity index is 2.33. The van der Waals surface area contributed by atoms with E-state index < -0.39 is 5.97 Å². The molecule has 0 unspecified atom stereocenters. The summed E-state index contributed by atoms with van der Waals surface area (Å²) < 4.78 is 6.43. The van der Waals surface area contributed by atoms with Crippen molar-refractivity contribution in [2.75, 3.05) is 0 Å². The van der Waals surface area contributed by atoms with Crippen molar-refractivity contribution in [1.29, 1.82) is 0 Å². The summed E-state index contributed by atoms with van der Waals surface area (Å²) in [6.45, 7) is 2.01. The third-order valence-corrected chi connectivity index (χ3v) is 3.03. The molecule has 0 fully saturated rings. The van der Waals surface area contributed by atoms with Crippen LogP contribution in [-0.4, -0.2) is 11.1 Å². The summed E-state index contributed by atoms with van der Waals surface area (Å²) in [6, 6.07) is 9.40. The first-order valence-electron chi connectivity index (χ1n) is 5.13. The highest BCUT2D eigenvalue weighted by atomic mass is 79.9. The largest absolute Gasteiger partial charge is 0.481 e. The van der Waals surface area contributed by atoms with Crippen molar-refractivity contribution in [2.24, 2.45) is 0 Å². The predicted octanol–water partition coefficient (Wildman–Crippen LogP) is 3.64. The van der Waals surface area contributed by atoms with E-state index in [1.165, 1.54) is 0 Å². The van der Waals surface area contributed by atoms with Gasteiger partial charge >= 0.3 is 5.97 Å². The van der Waals surface area contributed by atoms with E-state index in [1.807, 2.05) is 25.1 Å². The van der Waals surface area contributed by atoms with Gasteiger partial charge in [0.2, 0.25) is 0 Å². The van der Waals surface area contributed by atoms with Gasteiger partial charge in [-0.25, -0.2) is 0 Å². The minimum atomic E-state index is -0.895. The maximum atomic E-state index is 10.6. The molecule has 0 bridgehead atoms. The Morgan fingerprint density at radius 3 is 2.76 bits per heavy atom. The zero-order valence-electron chi connectivity index (χ0n) is 9.24. The molecule has 0 amide bonds. The molecule has 0 atom stereocenters. The lowest BCUT2D eigenvalue weighted by molar-refractivity contribution is -0.136. The van der Waals surface area contributed by atoms with Gasteiger partial charge in [-0.15, -0.1) is 0 Å². The molecule has 88 valence electrons. The summed E-state index contributed by atoms with van der Waals surface area (Å²) in [5, 5.41) is 8.67. The monoisotopic (exact) mass is 294 g/mol. The van der Waals surface area contributed by atoms with Crippen molar-refractivity contribution in [3.05, 3.63) is 46.1 Å². The lowest BCUT2D eigenvalue weighted by atomic mass is 10.1. The van der Waals surface area contributed by atoms with Crippen LogP contribution in [0.3, 0.4) is 0 Å². The van der Waals surface area contributed by atoms with Gasteiger partial charge < -0.3 is 9.52 Å². The summed E-state index contributed by atoms with van der Waals surface area (Å²) in [5.74, 6) is 0.238. The molecule has 2 aromatic rings. The molecule has 0 spiro atoms. The fourth-order valence-electron chi connectivity index (χ4n) is 1.59. The van der Waals surface area contributed by atoms with Crippen LogP contribution in [0.15, 0.2) is 39.2 Å². The van der Waals surface area contributed by atoms with Gasteiger partial charge in [0, 0.05) is 10.0 Å². The molecule has 4 heteroatoms. The van der Waals surface area contributed by atoms with Gasteiger partial charge in [-0.1, -0.05) is 22.0 Å². The standard InChI is InChI=1S/C13H11BrO3/c1-8-2-4-10(11(14)6-8)12-5-3-9(17-12)7-13(15)16/h2-6H,7H2,1H3,(H,15,16). The van der Waals surface area contributed by atoms with E-state index in [0.29, 0.717) is 11.5 Å². The zero-order valence-corrected chi connectivity index (χ0v) is 10.8. The normalized spacial score (nSPS) is 10.5. The van der Waals surface area contributed by atoms with Crippen LogP contribution in [0, 0.1) is 6.92 Å². The van der Waals surface area contributed by atoms with Crippen LogP contribution >= 0.6 is 15.9 Å². The molecule has 17 heavy (non-hydrogen) atoms. The van der Waals surface area contributed by atoms with E-state index in [9.17, 15) is 4.79 Å². The van der Waals surface area contributed by atoms with Crippen LogP contribution in [-0.2, 0) is 11.2 Å². The zero-order chi connectivity index (χ0) is 12.4. The Labute approximate surface area is 107 Å². The number of aryl methyl sites for hydroxylation is 1. The number of aliphatic carboxylic acids is 1. The van der Waals surface area contributed by atoms with Gasteiger partial charge in [-0.05, 0) is 36.8 Å². The summed E-state index contributed by atoms with van der Waals surface area (Å²) in [7, 11) is 0. The summed E-state index contributed by atoms with van der Waals surface area (Å²) >= 11 is 3.47. The molecule has 1 aromatic heterocycles. The number of carboxylic acid groups (broad SMARTS) is 1. The second-order valence-corrected chi connectivity index (χ2v) is 4.67. The van der Waals surface area contributed by atoms with Crippen molar-refractivity contribution >= 4 is 21.9 Å². The molecule has 1 aromatic carbocycles. The molecular weight excluding hydrogens is 284 g/mol. The molecule has 0 aliphatic heterocycles. The molecule has 0 saturated heterocycles. The van der Waals surface area contributed by atoms with Crippen LogP contribution in [0.5, 0.6) is 0 Å². The van der Waals surface area contributed by atoms with Crippen molar-refractivity contribution in [3.8, 4) is 11.3 Å². The molecule has 0 aliphatic rings. The first-order chi connectivity index (χ1) is 8.06. The minimum absolute atomic E-state index is 0.0938. The summed E-state index contributed by atoms with van der Waals surface area (Å²) in [4.78, 5) is 10.6. The molecule has 0 radical (unpaired) electrons. The molecular formula is C13H11BrO3. The molecule has 1 N–H and O–H groups in total. The van der Waals surface area contributed by atoms with Crippen molar-refractivity contribution in [3.63, 3.8) is 0 Å². The van der Waals surface area contributed by atoms with Gasteiger partial charge in [0.05, 0.1) is 0 Å². The predicted molar refractivity (Wildman–Crippen MR) is 67.9 cm³/mol. The van der Waals surface area contributed by atoms with Crippen LogP contribution in [0.1, 0.15) is 11.3 Å². The number of benzene rings is 1. The smallest absolute Gasteiger partial charge is 0.311 e. The number of halogens is 1. The van der Waals surface area contributed by atoms with E-state index in [0.717, 1.165) is 15.6 Å². The van der Waals surface area contributed by atoms with Crippen molar-refractivity contribution in [1.82, 2.24) is 0 Å². The first-order valence-corrected chi connectivity index (χ1v) is 5.92. The fraction of sp³-hybridized carbons (Fsp3) is 0.154. The van der Waals surface area contributed by atoms with Crippen LogP contribution in [0.2, 0.25) is 0 Å². The highest BCUT2D eigenvalue weighted by molar-refractivity contribution is 9.10. The van der Waals surface area contributed by atoms with Gasteiger partial charge in [0.15, 0.2) is 0 Å². The number of hydrogen-bond donors (Lipinski definition) is 1. The van der Waals surface area contributed by atoms with Gasteiger partial charge in [0.25, 0.3) is 0 Å². The average Bonchev–Trinajstić information content (AvgIpc) is 2.65. The molecule has 0 aliphatic carbocycles. The van der Waals surface area contributed by atoms with Crippen molar-refractivity contribution < 1.29 is 14.3 Å². The Bertz CT molecular complexity index is 558. The lowest BCUT2D eigenvalue weighted by Gasteiger charge is -2.02. The number of carbonyl (C=O) groups is 1. The van der Waals surface area contributed by atoms with Crippen molar-refractivity contribution in [2.45, 2.75) is 13.3 Å². The Kier molecular flexibility index (Phi) is 3.33. The topological polar surface area (TPSA) is 50.4 Å².